The number of para-hydroxylation sites is 1. The van der Waals surface area contributed by atoms with Crippen LogP contribution in [0.15, 0.2) is 29.0 Å². The molecule has 0 radical (unpaired) electrons. The molecule has 0 fully saturated rings. The molecule has 0 spiro atoms. The molecule has 4 heteroatoms. The predicted octanol–water partition coefficient (Wildman–Crippen LogP) is 2.36. The molecular weight excluding hydrogens is 204 g/mol. The number of hydrogen-bond acceptors (Lipinski definition) is 3. The number of oxazole rings is 1. The van der Waals surface area contributed by atoms with Crippen LogP contribution in [0.25, 0.3) is 11.1 Å². The summed E-state index contributed by atoms with van der Waals surface area (Å²) in [5.41, 5.74) is 1.84. The summed E-state index contributed by atoms with van der Waals surface area (Å²) >= 11 is 0. The molecule has 16 heavy (non-hydrogen) atoms. The Hall–Kier alpha value is -1.84. The summed E-state index contributed by atoms with van der Waals surface area (Å²) in [6, 6.07) is 5.35. The van der Waals surface area contributed by atoms with Gasteiger partial charge in [0.25, 0.3) is 5.91 Å². The molecule has 0 aliphatic carbocycles. The highest BCUT2D eigenvalue weighted by Gasteiger charge is 2.11. The van der Waals surface area contributed by atoms with Crippen LogP contribution in [0.5, 0.6) is 0 Å². The number of benzene rings is 1. The Morgan fingerprint density at radius 3 is 3.19 bits per heavy atom. The fourth-order valence-corrected chi connectivity index (χ4v) is 1.54. The van der Waals surface area contributed by atoms with Crippen LogP contribution in [0, 0.1) is 0 Å². The zero-order chi connectivity index (χ0) is 11.4. The molecule has 0 saturated heterocycles. The summed E-state index contributed by atoms with van der Waals surface area (Å²) < 4.78 is 5.14. The summed E-state index contributed by atoms with van der Waals surface area (Å²) in [6.45, 7) is 2.79. The molecule has 1 heterocycles. The Balaban J connectivity index is 2.19. The van der Waals surface area contributed by atoms with E-state index in [0.717, 1.165) is 12.8 Å². The van der Waals surface area contributed by atoms with Crippen LogP contribution in [0.1, 0.15) is 30.1 Å². The van der Waals surface area contributed by atoms with E-state index in [4.69, 9.17) is 4.42 Å². The topological polar surface area (TPSA) is 55.1 Å². The van der Waals surface area contributed by atoms with Gasteiger partial charge in [0.1, 0.15) is 5.52 Å². The minimum Gasteiger partial charge on any atom is -0.443 e. The SMILES string of the molecule is CCCCNC(=O)c1cccc2ocnc12. The van der Waals surface area contributed by atoms with Gasteiger partial charge in [0, 0.05) is 6.54 Å². The molecule has 2 rings (SSSR count). The number of amides is 1. The Morgan fingerprint density at radius 2 is 2.38 bits per heavy atom. The third-order valence-corrected chi connectivity index (χ3v) is 2.42. The number of aromatic nitrogens is 1. The number of rotatable bonds is 4. The molecule has 1 amide bonds. The van der Waals surface area contributed by atoms with E-state index in [-0.39, 0.29) is 5.91 Å². The first-order valence-electron chi connectivity index (χ1n) is 5.43. The van der Waals surface area contributed by atoms with E-state index in [1.807, 2.05) is 0 Å². The van der Waals surface area contributed by atoms with E-state index in [0.29, 0.717) is 23.2 Å². The van der Waals surface area contributed by atoms with Crippen LogP contribution >= 0.6 is 0 Å². The lowest BCUT2D eigenvalue weighted by molar-refractivity contribution is 0.0954. The van der Waals surface area contributed by atoms with Gasteiger partial charge in [-0.1, -0.05) is 19.4 Å². The van der Waals surface area contributed by atoms with Gasteiger partial charge in [-0.15, -0.1) is 0 Å². The average Bonchev–Trinajstić information content (AvgIpc) is 2.76. The number of carbonyl (C=O) groups excluding carboxylic acids is 1. The minimum absolute atomic E-state index is 0.0899. The molecule has 1 N–H and O–H groups in total. The van der Waals surface area contributed by atoms with Gasteiger partial charge in [0.15, 0.2) is 12.0 Å². The van der Waals surface area contributed by atoms with Crippen molar-refractivity contribution in [2.24, 2.45) is 0 Å². The zero-order valence-corrected chi connectivity index (χ0v) is 9.19. The van der Waals surface area contributed by atoms with E-state index >= 15 is 0 Å². The van der Waals surface area contributed by atoms with E-state index in [1.165, 1.54) is 6.39 Å². The Bertz CT molecular complexity index is 490. The van der Waals surface area contributed by atoms with E-state index in [1.54, 1.807) is 18.2 Å². The second-order valence-electron chi connectivity index (χ2n) is 3.61. The second-order valence-corrected chi connectivity index (χ2v) is 3.61. The van der Waals surface area contributed by atoms with Gasteiger partial charge in [0.05, 0.1) is 5.56 Å². The van der Waals surface area contributed by atoms with Crippen LogP contribution in [-0.2, 0) is 0 Å². The fourth-order valence-electron chi connectivity index (χ4n) is 1.54. The maximum Gasteiger partial charge on any atom is 0.253 e. The van der Waals surface area contributed by atoms with Crippen molar-refractivity contribution in [3.05, 3.63) is 30.2 Å². The number of nitrogens with zero attached hydrogens (tertiary/aromatic N) is 1. The van der Waals surface area contributed by atoms with E-state index in [9.17, 15) is 4.79 Å². The molecule has 0 unspecified atom stereocenters. The summed E-state index contributed by atoms with van der Waals surface area (Å²) in [4.78, 5) is 15.9. The molecule has 0 bridgehead atoms. The maximum absolute atomic E-state index is 11.8. The maximum atomic E-state index is 11.8. The van der Waals surface area contributed by atoms with Crippen LogP contribution in [0.3, 0.4) is 0 Å². The van der Waals surface area contributed by atoms with Crippen molar-refractivity contribution < 1.29 is 9.21 Å². The number of nitrogens with one attached hydrogen (secondary N) is 1. The quantitative estimate of drug-likeness (QED) is 0.801. The number of unbranched alkanes of at least 4 members (excludes halogenated alkanes) is 1. The monoisotopic (exact) mass is 218 g/mol. The molecule has 1 aromatic carbocycles. The summed E-state index contributed by atoms with van der Waals surface area (Å²) in [7, 11) is 0. The van der Waals surface area contributed by atoms with Crippen molar-refractivity contribution in [1.82, 2.24) is 10.3 Å². The van der Waals surface area contributed by atoms with Crippen LogP contribution in [0.2, 0.25) is 0 Å². The smallest absolute Gasteiger partial charge is 0.253 e. The van der Waals surface area contributed by atoms with Gasteiger partial charge < -0.3 is 9.73 Å². The van der Waals surface area contributed by atoms with Crippen molar-refractivity contribution in [2.75, 3.05) is 6.54 Å². The largest absolute Gasteiger partial charge is 0.443 e. The third kappa shape index (κ3) is 2.05. The van der Waals surface area contributed by atoms with Gasteiger partial charge in [-0.2, -0.15) is 0 Å². The molecule has 0 atom stereocenters. The molecule has 84 valence electrons. The van der Waals surface area contributed by atoms with Crippen LogP contribution in [0.4, 0.5) is 0 Å². The van der Waals surface area contributed by atoms with Crippen molar-refractivity contribution in [1.29, 1.82) is 0 Å². The van der Waals surface area contributed by atoms with E-state index in [2.05, 4.69) is 17.2 Å². The lowest BCUT2D eigenvalue weighted by atomic mass is 10.2. The molecular formula is C12H14N2O2. The Labute approximate surface area is 93.7 Å². The van der Waals surface area contributed by atoms with Crippen molar-refractivity contribution in [2.45, 2.75) is 19.8 Å². The minimum atomic E-state index is -0.0899. The molecule has 0 aliphatic heterocycles. The van der Waals surface area contributed by atoms with Crippen LogP contribution in [-0.4, -0.2) is 17.4 Å². The first-order valence-corrected chi connectivity index (χ1v) is 5.43. The Morgan fingerprint density at radius 1 is 1.50 bits per heavy atom. The summed E-state index contributed by atoms with van der Waals surface area (Å²) in [6.07, 6.45) is 3.41. The Kier molecular flexibility index (Phi) is 3.19. The number of fused-ring (bicyclic) bond motifs is 1. The summed E-state index contributed by atoms with van der Waals surface area (Å²) in [5, 5.41) is 2.86. The standard InChI is InChI=1S/C12H14N2O2/c1-2-3-7-13-12(15)9-5-4-6-10-11(9)14-8-16-10/h4-6,8H,2-3,7H2,1H3,(H,13,15). The zero-order valence-electron chi connectivity index (χ0n) is 9.19. The molecule has 1 aromatic heterocycles. The average molecular weight is 218 g/mol. The van der Waals surface area contributed by atoms with Gasteiger partial charge in [-0.25, -0.2) is 4.98 Å². The first kappa shape index (κ1) is 10.7. The highest BCUT2D eigenvalue weighted by Crippen LogP contribution is 2.16. The normalized spacial score (nSPS) is 10.6. The van der Waals surface area contributed by atoms with Crippen molar-refractivity contribution in [3.8, 4) is 0 Å². The number of carbonyl (C=O) groups is 1. The number of hydrogen-bond donors (Lipinski definition) is 1. The fraction of sp³-hybridized carbons (Fsp3) is 0.333. The highest BCUT2D eigenvalue weighted by atomic mass is 16.3. The highest BCUT2D eigenvalue weighted by molar-refractivity contribution is 6.04. The summed E-state index contributed by atoms with van der Waals surface area (Å²) in [5.74, 6) is -0.0899. The van der Waals surface area contributed by atoms with Gasteiger partial charge in [-0.05, 0) is 18.6 Å². The second kappa shape index (κ2) is 4.79. The molecule has 0 saturated carbocycles. The van der Waals surface area contributed by atoms with Crippen molar-refractivity contribution >= 4 is 17.0 Å². The van der Waals surface area contributed by atoms with E-state index < -0.39 is 0 Å². The predicted molar refractivity (Wildman–Crippen MR) is 61.3 cm³/mol. The van der Waals surface area contributed by atoms with Gasteiger partial charge in [0.2, 0.25) is 0 Å². The molecule has 0 aliphatic rings. The molecule has 4 nitrogen and oxygen atoms in total. The third-order valence-electron chi connectivity index (χ3n) is 2.42. The molecule has 2 aromatic rings. The van der Waals surface area contributed by atoms with Gasteiger partial charge in [-0.3, -0.25) is 4.79 Å². The van der Waals surface area contributed by atoms with Crippen molar-refractivity contribution in [3.63, 3.8) is 0 Å². The lowest BCUT2D eigenvalue weighted by Gasteiger charge is -2.03. The van der Waals surface area contributed by atoms with Crippen LogP contribution < -0.4 is 5.32 Å². The first-order chi connectivity index (χ1) is 7.83. The van der Waals surface area contributed by atoms with Gasteiger partial charge >= 0.3 is 0 Å². The lowest BCUT2D eigenvalue weighted by Crippen LogP contribution is -2.24.